The Balaban J connectivity index is 2.39. The number of nitrogens with zero attached hydrogens (tertiary/aromatic N) is 3. The Morgan fingerprint density at radius 3 is 2.93 bits per heavy atom. The lowest BCUT2D eigenvalue weighted by Gasteiger charge is -2.14. The Hall–Kier alpha value is -0.680. The van der Waals surface area contributed by atoms with Crippen LogP contribution in [0.15, 0.2) is 0 Å². The molecule has 0 spiro atoms. The zero-order valence-electron chi connectivity index (χ0n) is 9.79. The molecule has 0 aliphatic carbocycles. The monoisotopic (exact) mass is 228 g/mol. The van der Waals surface area contributed by atoms with Gasteiger partial charge in [-0.3, -0.25) is 0 Å². The maximum absolute atomic E-state index is 4.49. The molecule has 0 aromatic carbocycles. The molecule has 1 rings (SSSR count). The third-order valence-corrected chi connectivity index (χ3v) is 3.05. The molecule has 86 valence electrons. The van der Waals surface area contributed by atoms with Crippen LogP contribution < -0.4 is 10.2 Å². The Labute approximate surface area is 95.9 Å². The van der Waals surface area contributed by atoms with E-state index in [9.17, 15) is 0 Å². The highest BCUT2D eigenvalue weighted by molar-refractivity contribution is 7.09. The summed E-state index contributed by atoms with van der Waals surface area (Å²) >= 11 is 1.50. The first-order valence-electron chi connectivity index (χ1n) is 5.46. The number of aromatic nitrogens is 2. The molecule has 1 aromatic rings. The van der Waals surface area contributed by atoms with E-state index in [4.69, 9.17) is 0 Å². The summed E-state index contributed by atoms with van der Waals surface area (Å²) in [4.78, 5) is 6.67. The lowest BCUT2D eigenvalue weighted by Crippen LogP contribution is -2.22. The molecule has 0 amide bonds. The van der Waals surface area contributed by atoms with E-state index < -0.39 is 0 Å². The van der Waals surface area contributed by atoms with Crippen molar-refractivity contribution < 1.29 is 0 Å². The van der Waals surface area contributed by atoms with Gasteiger partial charge in [-0.15, -0.1) is 0 Å². The van der Waals surface area contributed by atoms with Crippen molar-refractivity contribution in [2.24, 2.45) is 0 Å². The third-order valence-electron chi connectivity index (χ3n) is 2.18. The molecule has 0 bridgehead atoms. The number of aryl methyl sites for hydroxylation is 1. The Morgan fingerprint density at radius 1 is 1.47 bits per heavy atom. The van der Waals surface area contributed by atoms with Crippen LogP contribution in [-0.2, 0) is 6.42 Å². The molecule has 0 aliphatic rings. The summed E-state index contributed by atoms with van der Waals surface area (Å²) in [5.74, 6) is 0.984. The Kier molecular flexibility index (Phi) is 5.57. The van der Waals surface area contributed by atoms with Crippen LogP contribution in [0.1, 0.15) is 25.6 Å². The van der Waals surface area contributed by atoms with Gasteiger partial charge in [-0.1, -0.05) is 6.92 Å². The summed E-state index contributed by atoms with van der Waals surface area (Å²) in [5.41, 5.74) is 0. The molecule has 1 N–H and O–H groups in total. The molecule has 5 heteroatoms. The lowest BCUT2D eigenvalue weighted by molar-refractivity contribution is 0.711. The molecule has 1 aromatic heterocycles. The molecule has 4 nitrogen and oxygen atoms in total. The minimum Gasteiger partial charge on any atom is -0.350 e. The van der Waals surface area contributed by atoms with Crippen LogP contribution in [0.5, 0.6) is 0 Å². The van der Waals surface area contributed by atoms with Gasteiger partial charge in [-0.05, 0) is 26.4 Å². The number of rotatable bonds is 7. The van der Waals surface area contributed by atoms with Gasteiger partial charge in [0.2, 0.25) is 5.13 Å². The SMILES string of the molecule is CCCc1nsc(N(C)CCCNC)n1. The third kappa shape index (κ3) is 4.13. The average molecular weight is 228 g/mol. The van der Waals surface area contributed by atoms with Gasteiger partial charge in [-0.2, -0.15) is 4.37 Å². The van der Waals surface area contributed by atoms with E-state index in [1.165, 1.54) is 11.5 Å². The number of anilines is 1. The summed E-state index contributed by atoms with van der Waals surface area (Å²) in [6, 6.07) is 0. The van der Waals surface area contributed by atoms with Gasteiger partial charge >= 0.3 is 0 Å². The van der Waals surface area contributed by atoms with Crippen molar-refractivity contribution >= 4 is 16.7 Å². The van der Waals surface area contributed by atoms with Gasteiger partial charge in [0.25, 0.3) is 0 Å². The quantitative estimate of drug-likeness (QED) is 0.719. The van der Waals surface area contributed by atoms with Crippen molar-refractivity contribution in [3.63, 3.8) is 0 Å². The first kappa shape index (κ1) is 12.4. The highest BCUT2D eigenvalue weighted by Crippen LogP contribution is 2.16. The van der Waals surface area contributed by atoms with Crippen molar-refractivity contribution in [1.82, 2.24) is 14.7 Å². The molecule has 0 fully saturated rings. The normalized spacial score (nSPS) is 10.6. The standard InChI is InChI=1S/C10H20N4S/c1-4-6-9-12-10(15-13-9)14(3)8-5-7-11-2/h11H,4-8H2,1-3H3. The predicted molar refractivity (Wildman–Crippen MR) is 65.7 cm³/mol. The van der Waals surface area contributed by atoms with Crippen LogP contribution >= 0.6 is 11.5 Å². The molecule has 1 heterocycles. The van der Waals surface area contributed by atoms with Crippen LogP contribution in [0.25, 0.3) is 0 Å². The molecule has 15 heavy (non-hydrogen) atoms. The molecular weight excluding hydrogens is 208 g/mol. The van der Waals surface area contributed by atoms with E-state index in [0.717, 1.165) is 43.3 Å². The fourth-order valence-electron chi connectivity index (χ4n) is 1.31. The maximum atomic E-state index is 4.49. The molecule has 0 radical (unpaired) electrons. The van der Waals surface area contributed by atoms with Gasteiger partial charge in [0.15, 0.2) is 0 Å². The Bertz CT molecular complexity index is 274. The first-order valence-corrected chi connectivity index (χ1v) is 6.23. The van der Waals surface area contributed by atoms with Crippen molar-refractivity contribution in [2.75, 3.05) is 32.1 Å². The molecular formula is C10H20N4S. The highest BCUT2D eigenvalue weighted by atomic mass is 32.1. The van der Waals surface area contributed by atoms with Gasteiger partial charge in [0, 0.05) is 31.5 Å². The van der Waals surface area contributed by atoms with E-state index in [0.29, 0.717) is 0 Å². The second-order valence-electron chi connectivity index (χ2n) is 3.62. The molecule has 0 unspecified atom stereocenters. The zero-order chi connectivity index (χ0) is 11.1. The predicted octanol–water partition coefficient (Wildman–Crippen LogP) is 1.54. The number of hydrogen-bond acceptors (Lipinski definition) is 5. The minimum absolute atomic E-state index is 0.984. The van der Waals surface area contributed by atoms with Crippen LogP contribution in [0.4, 0.5) is 5.13 Å². The zero-order valence-corrected chi connectivity index (χ0v) is 10.6. The van der Waals surface area contributed by atoms with E-state index in [1.807, 2.05) is 7.05 Å². The van der Waals surface area contributed by atoms with E-state index in [1.54, 1.807) is 0 Å². The summed E-state index contributed by atoms with van der Waals surface area (Å²) in [6.07, 6.45) is 3.23. The second-order valence-corrected chi connectivity index (χ2v) is 4.35. The van der Waals surface area contributed by atoms with Crippen molar-refractivity contribution in [1.29, 1.82) is 0 Å². The van der Waals surface area contributed by atoms with Crippen LogP contribution in [-0.4, -0.2) is 36.5 Å². The summed E-state index contributed by atoms with van der Waals surface area (Å²) in [6.45, 7) is 4.23. The highest BCUT2D eigenvalue weighted by Gasteiger charge is 2.07. The largest absolute Gasteiger partial charge is 0.350 e. The maximum Gasteiger partial charge on any atom is 0.204 e. The van der Waals surface area contributed by atoms with Gasteiger partial charge in [0.05, 0.1) is 0 Å². The lowest BCUT2D eigenvalue weighted by atomic mass is 10.3. The minimum atomic E-state index is 0.984. The average Bonchev–Trinajstić information content (AvgIpc) is 2.67. The van der Waals surface area contributed by atoms with Gasteiger partial charge < -0.3 is 10.2 Å². The number of hydrogen-bond donors (Lipinski definition) is 1. The topological polar surface area (TPSA) is 41.1 Å². The van der Waals surface area contributed by atoms with Crippen LogP contribution in [0.3, 0.4) is 0 Å². The summed E-state index contributed by atoms with van der Waals surface area (Å²) < 4.78 is 4.33. The Morgan fingerprint density at radius 2 is 2.27 bits per heavy atom. The van der Waals surface area contributed by atoms with Crippen molar-refractivity contribution in [2.45, 2.75) is 26.2 Å². The summed E-state index contributed by atoms with van der Waals surface area (Å²) in [7, 11) is 4.05. The van der Waals surface area contributed by atoms with E-state index >= 15 is 0 Å². The van der Waals surface area contributed by atoms with E-state index in [2.05, 4.69) is 33.5 Å². The fraction of sp³-hybridized carbons (Fsp3) is 0.800. The number of nitrogens with one attached hydrogen (secondary N) is 1. The molecule has 0 saturated carbocycles. The second kappa shape index (κ2) is 6.74. The summed E-state index contributed by atoms with van der Waals surface area (Å²) in [5, 5.41) is 4.18. The molecule has 0 atom stereocenters. The van der Waals surface area contributed by atoms with Crippen LogP contribution in [0.2, 0.25) is 0 Å². The molecule has 0 saturated heterocycles. The van der Waals surface area contributed by atoms with Crippen molar-refractivity contribution in [3.8, 4) is 0 Å². The van der Waals surface area contributed by atoms with Crippen molar-refractivity contribution in [3.05, 3.63) is 5.82 Å². The van der Waals surface area contributed by atoms with Crippen LogP contribution in [0, 0.1) is 0 Å². The first-order chi connectivity index (χ1) is 7.27. The fourth-order valence-corrected chi connectivity index (χ4v) is 2.01. The van der Waals surface area contributed by atoms with Gasteiger partial charge in [-0.25, -0.2) is 4.98 Å². The van der Waals surface area contributed by atoms with E-state index in [-0.39, 0.29) is 0 Å². The smallest absolute Gasteiger partial charge is 0.204 e. The van der Waals surface area contributed by atoms with Gasteiger partial charge in [0.1, 0.15) is 5.82 Å². The molecule has 0 aliphatic heterocycles.